The maximum absolute atomic E-state index is 12.3. The Hall–Kier alpha value is -3.12. The Morgan fingerprint density at radius 2 is 1.90 bits per heavy atom. The highest BCUT2D eigenvalue weighted by Gasteiger charge is 2.17. The lowest BCUT2D eigenvalue weighted by Crippen LogP contribution is -2.31. The molecule has 6 heteroatoms. The van der Waals surface area contributed by atoms with Crippen molar-refractivity contribution in [2.45, 2.75) is 39.4 Å². The maximum Gasteiger partial charge on any atom is 0.251 e. The van der Waals surface area contributed by atoms with E-state index < -0.39 is 0 Å². The number of nitrogens with zero attached hydrogens (tertiary/aromatic N) is 1. The zero-order chi connectivity index (χ0) is 20.9. The van der Waals surface area contributed by atoms with Crippen LogP contribution < -0.4 is 10.1 Å². The molecular formula is C24H26N2O4. The van der Waals surface area contributed by atoms with E-state index in [0.717, 1.165) is 42.2 Å². The zero-order valence-corrected chi connectivity index (χ0v) is 17.3. The first-order chi connectivity index (χ1) is 14.6. The Bertz CT molecular complexity index is 987. The predicted molar refractivity (Wildman–Crippen MR) is 113 cm³/mol. The van der Waals surface area contributed by atoms with Crippen molar-refractivity contribution < 1.29 is 18.7 Å². The molecule has 1 aromatic heterocycles. The second-order valence-electron chi connectivity index (χ2n) is 7.55. The number of aromatic nitrogens is 1. The molecule has 0 spiro atoms. The molecule has 156 valence electrons. The number of carbonyl (C=O) groups excluding carboxylic acids is 1. The SMILES string of the molecule is Cc1ccc(OCc2nc(-c3ccc(C(=O)NC[C@@H]4CCCO4)cc3)oc2C)cc1. The molecule has 3 aromatic rings. The summed E-state index contributed by atoms with van der Waals surface area (Å²) in [6, 6.07) is 15.1. The van der Waals surface area contributed by atoms with Gasteiger partial charge in [-0.15, -0.1) is 0 Å². The Morgan fingerprint density at radius 1 is 1.13 bits per heavy atom. The highest BCUT2D eigenvalue weighted by Crippen LogP contribution is 2.23. The van der Waals surface area contributed by atoms with Crippen LogP contribution in [0.25, 0.3) is 11.5 Å². The smallest absolute Gasteiger partial charge is 0.251 e. The van der Waals surface area contributed by atoms with Gasteiger partial charge in [-0.05, 0) is 63.1 Å². The first-order valence-corrected chi connectivity index (χ1v) is 10.2. The average molecular weight is 406 g/mol. The van der Waals surface area contributed by atoms with Gasteiger partial charge in [-0.25, -0.2) is 4.98 Å². The quantitative estimate of drug-likeness (QED) is 0.628. The van der Waals surface area contributed by atoms with E-state index in [9.17, 15) is 4.79 Å². The van der Waals surface area contributed by atoms with E-state index in [4.69, 9.17) is 13.9 Å². The summed E-state index contributed by atoms with van der Waals surface area (Å²) in [4.78, 5) is 16.9. The van der Waals surface area contributed by atoms with Crippen LogP contribution in [-0.2, 0) is 11.3 Å². The molecule has 1 aliphatic rings. The van der Waals surface area contributed by atoms with Crippen molar-refractivity contribution in [2.24, 2.45) is 0 Å². The third-order valence-corrected chi connectivity index (χ3v) is 5.20. The van der Waals surface area contributed by atoms with E-state index in [1.54, 1.807) is 12.1 Å². The van der Waals surface area contributed by atoms with Crippen molar-refractivity contribution in [3.05, 3.63) is 71.1 Å². The van der Waals surface area contributed by atoms with Gasteiger partial charge in [0.15, 0.2) is 0 Å². The second-order valence-corrected chi connectivity index (χ2v) is 7.55. The van der Waals surface area contributed by atoms with Crippen LogP contribution in [0.3, 0.4) is 0 Å². The van der Waals surface area contributed by atoms with Crippen molar-refractivity contribution in [1.82, 2.24) is 10.3 Å². The topological polar surface area (TPSA) is 73.6 Å². The first kappa shape index (κ1) is 20.2. The normalized spacial score (nSPS) is 15.9. The molecule has 1 atom stereocenters. The lowest BCUT2D eigenvalue weighted by molar-refractivity contribution is 0.0858. The van der Waals surface area contributed by atoms with Gasteiger partial charge >= 0.3 is 0 Å². The molecule has 1 fully saturated rings. The minimum atomic E-state index is -0.104. The number of hydrogen-bond donors (Lipinski definition) is 1. The molecular weight excluding hydrogens is 380 g/mol. The molecule has 4 rings (SSSR count). The van der Waals surface area contributed by atoms with Crippen molar-refractivity contribution >= 4 is 5.91 Å². The van der Waals surface area contributed by atoms with E-state index in [1.165, 1.54) is 5.56 Å². The fourth-order valence-electron chi connectivity index (χ4n) is 3.35. The Labute approximate surface area is 176 Å². The van der Waals surface area contributed by atoms with Crippen molar-refractivity contribution in [1.29, 1.82) is 0 Å². The molecule has 1 aliphatic heterocycles. The molecule has 1 saturated heterocycles. The summed E-state index contributed by atoms with van der Waals surface area (Å²) < 4.78 is 17.2. The summed E-state index contributed by atoms with van der Waals surface area (Å²) in [6.07, 6.45) is 2.19. The van der Waals surface area contributed by atoms with Gasteiger partial charge in [0.05, 0.1) is 6.10 Å². The van der Waals surface area contributed by atoms with Gasteiger partial charge < -0.3 is 19.2 Å². The van der Waals surface area contributed by atoms with Gasteiger partial charge in [0.25, 0.3) is 5.91 Å². The number of ether oxygens (including phenoxy) is 2. The third-order valence-electron chi connectivity index (χ3n) is 5.20. The molecule has 0 bridgehead atoms. The van der Waals surface area contributed by atoms with Gasteiger partial charge in [0.2, 0.25) is 5.89 Å². The minimum Gasteiger partial charge on any atom is -0.487 e. The van der Waals surface area contributed by atoms with Crippen LogP contribution in [0.1, 0.15) is 40.2 Å². The third kappa shape index (κ3) is 4.89. The minimum absolute atomic E-state index is 0.104. The van der Waals surface area contributed by atoms with Crippen LogP contribution in [0.5, 0.6) is 5.75 Å². The highest BCUT2D eigenvalue weighted by molar-refractivity contribution is 5.94. The Balaban J connectivity index is 1.37. The molecule has 6 nitrogen and oxygen atoms in total. The van der Waals surface area contributed by atoms with Crippen molar-refractivity contribution in [2.75, 3.05) is 13.2 Å². The number of carbonyl (C=O) groups is 1. The monoisotopic (exact) mass is 406 g/mol. The van der Waals surface area contributed by atoms with Crippen LogP contribution in [0.4, 0.5) is 0 Å². The summed E-state index contributed by atoms with van der Waals surface area (Å²) >= 11 is 0. The first-order valence-electron chi connectivity index (χ1n) is 10.2. The van der Waals surface area contributed by atoms with E-state index in [-0.39, 0.29) is 12.0 Å². The van der Waals surface area contributed by atoms with Crippen LogP contribution in [-0.4, -0.2) is 30.1 Å². The number of nitrogens with one attached hydrogen (secondary N) is 1. The largest absolute Gasteiger partial charge is 0.487 e. The molecule has 1 N–H and O–H groups in total. The lowest BCUT2D eigenvalue weighted by atomic mass is 10.1. The van der Waals surface area contributed by atoms with Crippen molar-refractivity contribution in [3.63, 3.8) is 0 Å². The zero-order valence-electron chi connectivity index (χ0n) is 17.3. The van der Waals surface area contributed by atoms with E-state index in [2.05, 4.69) is 10.3 Å². The Morgan fingerprint density at radius 3 is 2.60 bits per heavy atom. The van der Waals surface area contributed by atoms with Gasteiger partial charge in [-0.2, -0.15) is 0 Å². The fraction of sp³-hybridized carbons (Fsp3) is 0.333. The molecule has 0 saturated carbocycles. The molecule has 2 heterocycles. The molecule has 0 unspecified atom stereocenters. The van der Waals surface area contributed by atoms with Gasteiger partial charge in [-0.3, -0.25) is 4.79 Å². The van der Waals surface area contributed by atoms with Crippen LogP contribution in [0.15, 0.2) is 52.9 Å². The van der Waals surface area contributed by atoms with Crippen molar-refractivity contribution in [3.8, 4) is 17.2 Å². The molecule has 0 aliphatic carbocycles. The summed E-state index contributed by atoms with van der Waals surface area (Å²) in [5.74, 6) is 1.92. The Kier molecular flexibility index (Phi) is 6.14. The second kappa shape index (κ2) is 9.13. The number of aryl methyl sites for hydroxylation is 2. The molecule has 30 heavy (non-hydrogen) atoms. The number of hydrogen-bond acceptors (Lipinski definition) is 5. The molecule has 1 amide bonds. The van der Waals surface area contributed by atoms with Gasteiger partial charge in [-0.1, -0.05) is 17.7 Å². The van der Waals surface area contributed by atoms with E-state index >= 15 is 0 Å². The summed E-state index contributed by atoms with van der Waals surface area (Å²) in [6.45, 7) is 5.57. The fourth-order valence-corrected chi connectivity index (χ4v) is 3.35. The van der Waals surface area contributed by atoms with Crippen LogP contribution in [0.2, 0.25) is 0 Å². The van der Waals surface area contributed by atoms with Gasteiger partial charge in [0.1, 0.15) is 23.8 Å². The van der Waals surface area contributed by atoms with E-state index in [1.807, 2.05) is 50.2 Å². The number of amides is 1. The lowest BCUT2D eigenvalue weighted by Gasteiger charge is -2.10. The predicted octanol–water partition coefficient (Wildman–Crippen LogP) is 4.45. The summed E-state index contributed by atoms with van der Waals surface area (Å²) in [7, 11) is 0. The molecule has 0 radical (unpaired) electrons. The highest BCUT2D eigenvalue weighted by atomic mass is 16.5. The van der Waals surface area contributed by atoms with Crippen LogP contribution in [0, 0.1) is 13.8 Å². The summed E-state index contributed by atoms with van der Waals surface area (Å²) in [5, 5.41) is 2.93. The van der Waals surface area contributed by atoms with Crippen LogP contribution >= 0.6 is 0 Å². The maximum atomic E-state index is 12.3. The summed E-state index contributed by atoms with van der Waals surface area (Å²) in [5.41, 5.74) is 3.36. The standard InChI is InChI=1S/C24H26N2O4/c1-16-5-11-20(12-6-16)29-15-22-17(2)30-24(26-22)19-9-7-18(8-10-19)23(27)25-14-21-4-3-13-28-21/h5-12,21H,3-4,13-15H2,1-2H3,(H,25,27)/t21-/m0/s1. The van der Waals surface area contributed by atoms with E-state index in [0.29, 0.717) is 24.6 Å². The van der Waals surface area contributed by atoms with Gasteiger partial charge in [0, 0.05) is 24.3 Å². The number of benzene rings is 2. The number of oxazole rings is 1. The number of rotatable bonds is 7. The molecule has 2 aromatic carbocycles. The average Bonchev–Trinajstić information content (AvgIpc) is 3.41.